The van der Waals surface area contributed by atoms with Gasteiger partial charge >= 0.3 is 0 Å². The van der Waals surface area contributed by atoms with E-state index in [1.54, 1.807) is 30.5 Å². The molecule has 0 unspecified atom stereocenters. The molecule has 12 heteroatoms. The molecule has 2 amide bonds. The van der Waals surface area contributed by atoms with Crippen molar-refractivity contribution in [1.82, 2.24) is 30.2 Å². The average Bonchev–Trinajstić information content (AvgIpc) is 3.57. The Bertz CT molecular complexity index is 1540. The standard InChI is InChI=1S/C26H22ClFN8O2/c27-17-8-9-22(36-15-30-34-35-36)16(11-17)7-10-25(38)33-20-13-18(28)12-19-26(20)21-14-29-23(31-21)5-3-1-2-4-6-24(37)32-19/h1-2,7-15H,3-6H2,(H,29,31)(H,32,37)(H,33,38). The predicted molar refractivity (Wildman–Crippen MR) is 141 cm³/mol. The second-order valence-electron chi connectivity index (χ2n) is 8.50. The third-order valence-electron chi connectivity index (χ3n) is 5.79. The fourth-order valence-electron chi connectivity index (χ4n) is 4.07. The molecule has 1 aliphatic heterocycles. The van der Waals surface area contributed by atoms with E-state index in [2.05, 4.69) is 36.1 Å². The number of nitrogens with zero attached hydrogens (tertiary/aromatic N) is 5. The van der Waals surface area contributed by atoms with Gasteiger partial charge in [0.05, 0.1) is 29.0 Å². The van der Waals surface area contributed by atoms with Gasteiger partial charge in [0.15, 0.2) is 0 Å². The lowest BCUT2D eigenvalue weighted by atomic mass is 10.1. The van der Waals surface area contributed by atoms with Crippen molar-refractivity contribution in [3.05, 3.63) is 83.3 Å². The fourth-order valence-corrected chi connectivity index (χ4v) is 4.25. The number of amides is 2. The third kappa shape index (κ3) is 5.84. The number of nitrogens with one attached hydrogen (secondary N) is 3. The summed E-state index contributed by atoms with van der Waals surface area (Å²) >= 11 is 6.15. The van der Waals surface area contributed by atoms with Crippen molar-refractivity contribution in [2.24, 2.45) is 0 Å². The average molecular weight is 533 g/mol. The molecule has 0 spiro atoms. The van der Waals surface area contributed by atoms with Gasteiger partial charge in [-0.3, -0.25) is 9.59 Å². The van der Waals surface area contributed by atoms with Crippen LogP contribution in [0.15, 0.2) is 61.1 Å². The van der Waals surface area contributed by atoms with Crippen molar-refractivity contribution in [3.63, 3.8) is 0 Å². The molecule has 0 aliphatic carbocycles. The smallest absolute Gasteiger partial charge is 0.248 e. The van der Waals surface area contributed by atoms with Crippen molar-refractivity contribution in [2.75, 3.05) is 10.6 Å². The van der Waals surface area contributed by atoms with Gasteiger partial charge in [0.1, 0.15) is 18.0 Å². The van der Waals surface area contributed by atoms with Crippen LogP contribution < -0.4 is 10.6 Å². The molecule has 0 radical (unpaired) electrons. The Balaban J connectivity index is 1.48. The lowest BCUT2D eigenvalue weighted by Gasteiger charge is -2.15. The molecule has 10 nitrogen and oxygen atoms in total. The van der Waals surface area contributed by atoms with Crippen molar-refractivity contribution in [2.45, 2.75) is 25.7 Å². The van der Waals surface area contributed by atoms with E-state index in [0.717, 1.165) is 12.2 Å². The summed E-state index contributed by atoms with van der Waals surface area (Å²) in [5.74, 6) is -0.686. The molecule has 3 heterocycles. The van der Waals surface area contributed by atoms with Crippen molar-refractivity contribution in [3.8, 4) is 16.9 Å². The van der Waals surface area contributed by atoms with Crippen LogP contribution in [0.3, 0.4) is 0 Å². The largest absolute Gasteiger partial charge is 0.342 e. The molecule has 38 heavy (non-hydrogen) atoms. The molecule has 5 rings (SSSR count). The van der Waals surface area contributed by atoms with E-state index in [-0.39, 0.29) is 23.7 Å². The van der Waals surface area contributed by atoms with Crippen LogP contribution in [0.2, 0.25) is 5.02 Å². The Morgan fingerprint density at radius 3 is 2.82 bits per heavy atom. The maximum absolute atomic E-state index is 14.7. The lowest BCUT2D eigenvalue weighted by Crippen LogP contribution is -2.14. The Hall–Kier alpha value is -4.64. The number of hydrogen-bond donors (Lipinski definition) is 3. The number of aryl methyl sites for hydroxylation is 1. The van der Waals surface area contributed by atoms with Crippen LogP contribution in [-0.4, -0.2) is 42.0 Å². The van der Waals surface area contributed by atoms with Crippen LogP contribution in [0.25, 0.3) is 23.0 Å². The first kappa shape index (κ1) is 25.0. The number of aromatic amines is 1. The minimum absolute atomic E-state index is 0.171. The van der Waals surface area contributed by atoms with E-state index in [1.165, 1.54) is 29.2 Å². The van der Waals surface area contributed by atoms with Gasteiger partial charge in [-0.25, -0.2) is 9.37 Å². The number of halogens is 2. The summed E-state index contributed by atoms with van der Waals surface area (Å²) in [7, 11) is 0. The summed E-state index contributed by atoms with van der Waals surface area (Å²) in [5, 5.41) is 17.1. The van der Waals surface area contributed by atoms with E-state index in [1.807, 2.05) is 12.2 Å². The number of H-pyrrole nitrogens is 1. The van der Waals surface area contributed by atoms with Gasteiger partial charge in [-0.1, -0.05) is 23.8 Å². The van der Waals surface area contributed by atoms with E-state index in [4.69, 9.17) is 11.6 Å². The fraction of sp³-hybridized carbons (Fsp3) is 0.154. The summed E-state index contributed by atoms with van der Waals surface area (Å²) in [5.41, 5.74) is 2.55. The van der Waals surface area contributed by atoms with Crippen LogP contribution in [0, 0.1) is 5.82 Å². The van der Waals surface area contributed by atoms with E-state index < -0.39 is 11.7 Å². The lowest BCUT2D eigenvalue weighted by molar-refractivity contribution is -0.116. The van der Waals surface area contributed by atoms with E-state index >= 15 is 0 Å². The van der Waals surface area contributed by atoms with Gasteiger partial charge in [-0.05, 0) is 59.7 Å². The molecule has 0 saturated carbocycles. The zero-order valence-corrected chi connectivity index (χ0v) is 20.7. The molecule has 192 valence electrons. The highest BCUT2D eigenvalue weighted by molar-refractivity contribution is 6.30. The molecule has 2 aromatic carbocycles. The van der Waals surface area contributed by atoms with Gasteiger partial charge in [0.2, 0.25) is 11.8 Å². The molecule has 0 fully saturated rings. The first-order valence-electron chi connectivity index (χ1n) is 11.8. The molecule has 1 aliphatic rings. The van der Waals surface area contributed by atoms with Gasteiger partial charge in [-0.15, -0.1) is 5.10 Å². The number of hydrogen-bond acceptors (Lipinski definition) is 6. The normalized spacial score (nSPS) is 13.8. The highest BCUT2D eigenvalue weighted by Crippen LogP contribution is 2.36. The first-order valence-corrected chi connectivity index (χ1v) is 12.2. The topological polar surface area (TPSA) is 130 Å². The van der Waals surface area contributed by atoms with Gasteiger partial charge in [0, 0.05) is 35.1 Å². The summed E-state index contributed by atoms with van der Waals surface area (Å²) in [6, 6.07) is 7.48. The molecule has 3 N–H and O–H groups in total. The Labute approximate surface area is 221 Å². The van der Waals surface area contributed by atoms with Crippen LogP contribution in [0.4, 0.5) is 15.8 Å². The summed E-state index contributed by atoms with van der Waals surface area (Å²) in [6.45, 7) is 0. The monoisotopic (exact) mass is 532 g/mol. The summed E-state index contributed by atoms with van der Waals surface area (Å²) in [4.78, 5) is 33.2. The molecule has 4 aromatic rings. The highest BCUT2D eigenvalue weighted by Gasteiger charge is 2.19. The molecule has 2 bridgehead atoms. The van der Waals surface area contributed by atoms with Gasteiger partial charge in [-0.2, -0.15) is 4.68 Å². The Kier molecular flexibility index (Phi) is 7.36. The number of fused-ring (bicyclic) bond motifs is 4. The van der Waals surface area contributed by atoms with Gasteiger partial charge < -0.3 is 15.6 Å². The molecule has 0 atom stereocenters. The van der Waals surface area contributed by atoms with Crippen LogP contribution in [0.1, 0.15) is 30.7 Å². The second kappa shape index (κ2) is 11.2. The third-order valence-corrected chi connectivity index (χ3v) is 6.02. The van der Waals surface area contributed by atoms with Crippen molar-refractivity contribution in [1.29, 1.82) is 0 Å². The zero-order valence-electron chi connectivity index (χ0n) is 20.0. The Morgan fingerprint density at radius 2 is 2.00 bits per heavy atom. The minimum Gasteiger partial charge on any atom is -0.342 e. The van der Waals surface area contributed by atoms with E-state index in [9.17, 15) is 14.0 Å². The summed E-state index contributed by atoms with van der Waals surface area (Å²) < 4.78 is 16.1. The van der Waals surface area contributed by atoms with Gasteiger partial charge in [0.25, 0.3) is 0 Å². The summed E-state index contributed by atoms with van der Waals surface area (Å²) in [6.07, 6.45) is 12.0. The number of carbonyl (C=O) groups is 2. The number of allylic oxidation sites excluding steroid dienone is 2. The second-order valence-corrected chi connectivity index (χ2v) is 8.93. The first-order chi connectivity index (χ1) is 18.5. The number of anilines is 2. The van der Waals surface area contributed by atoms with Crippen LogP contribution in [-0.2, 0) is 16.0 Å². The Morgan fingerprint density at radius 1 is 1.16 bits per heavy atom. The predicted octanol–water partition coefficient (Wildman–Crippen LogP) is 4.72. The van der Waals surface area contributed by atoms with Crippen LogP contribution >= 0.6 is 11.6 Å². The van der Waals surface area contributed by atoms with Crippen molar-refractivity contribution < 1.29 is 14.0 Å². The van der Waals surface area contributed by atoms with Crippen molar-refractivity contribution >= 4 is 40.9 Å². The number of benzene rings is 2. The molecule has 2 aromatic heterocycles. The zero-order chi connectivity index (χ0) is 26.5. The quantitative estimate of drug-likeness (QED) is 0.257. The number of carbonyl (C=O) groups excluding carboxylic acids is 2. The van der Waals surface area contributed by atoms with E-state index in [0.29, 0.717) is 40.4 Å². The number of imidazole rings is 1. The number of rotatable bonds is 4. The minimum atomic E-state index is -0.622. The van der Waals surface area contributed by atoms with Crippen LogP contribution in [0.5, 0.6) is 0 Å². The molecular formula is C26H22ClFN8O2. The SMILES string of the molecule is O=C(C=Cc1cc(Cl)ccc1-n1cnnn1)Nc1cc(F)cc2c1-c1cnc([nH]1)CCC=CCCC(=O)N2. The maximum atomic E-state index is 14.7. The highest BCUT2D eigenvalue weighted by atomic mass is 35.5. The molecule has 0 saturated heterocycles. The molecular weight excluding hydrogens is 511 g/mol. The maximum Gasteiger partial charge on any atom is 0.248 e. The number of aromatic nitrogens is 6. The number of tetrazole rings is 1.